The van der Waals surface area contributed by atoms with Gasteiger partial charge < -0.3 is 19.7 Å². The van der Waals surface area contributed by atoms with Crippen LogP contribution in [0.2, 0.25) is 0 Å². The molecule has 1 aliphatic heterocycles. The normalized spacial score (nSPS) is 15.6. The Morgan fingerprint density at radius 2 is 1.74 bits per heavy atom. The number of methoxy groups -OCH3 is 2. The average molecular weight is 419 g/mol. The number of aromatic nitrogens is 1. The van der Waals surface area contributed by atoms with Crippen LogP contribution in [0.5, 0.6) is 11.5 Å². The van der Waals surface area contributed by atoms with E-state index >= 15 is 0 Å². The van der Waals surface area contributed by atoms with Gasteiger partial charge in [0.2, 0.25) is 11.2 Å². The summed E-state index contributed by atoms with van der Waals surface area (Å²) in [6.45, 7) is 4.55. The lowest BCUT2D eigenvalue weighted by Gasteiger charge is -2.24. The smallest absolute Gasteiger partial charge is 0.218 e. The number of nitrogens with zero attached hydrogens (tertiary/aromatic N) is 2. The summed E-state index contributed by atoms with van der Waals surface area (Å²) in [5.41, 5.74) is 7.79. The van der Waals surface area contributed by atoms with Gasteiger partial charge in [0, 0.05) is 24.7 Å². The van der Waals surface area contributed by atoms with E-state index in [1.807, 2.05) is 0 Å². The molecule has 2 aliphatic rings. The Bertz CT molecular complexity index is 1120. The molecule has 0 unspecified atom stereocenters. The SMILES string of the molecule is COc1cc2c(cc1OC)-c1c(c(NCCN3CCCC3)c3ccccc3[n+]1C)CC2. The highest BCUT2D eigenvalue weighted by Gasteiger charge is 2.31. The largest absolute Gasteiger partial charge is 0.493 e. The number of nitrogens with one attached hydrogen (secondary N) is 1. The molecule has 5 heteroatoms. The van der Waals surface area contributed by atoms with E-state index in [9.17, 15) is 0 Å². The van der Waals surface area contributed by atoms with Crippen LogP contribution in [0.1, 0.15) is 24.0 Å². The van der Waals surface area contributed by atoms with E-state index in [2.05, 4.69) is 58.2 Å². The summed E-state index contributed by atoms with van der Waals surface area (Å²) in [6.07, 6.45) is 4.69. The number of ether oxygens (including phenoxy) is 2. The van der Waals surface area contributed by atoms with Crippen molar-refractivity contribution >= 4 is 16.6 Å². The fourth-order valence-corrected chi connectivity index (χ4v) is 5.32. The Balaban J connectivity index is 1.63. The fraction of sp³-hybridized carbons (Fsp3) is 0.423. The first-order chi connectivity index (χ1) is 15.2. The summed E-state index contributed by atoms with van der Waals surface area (Å²) in [5, 5.41) is 5.14. The summed E-state index contributed by atoms with van der Waals surface area (Å²) >= 11 is 0. The Hall–Kier alpha value is -2.79. The van der Waals surface area contributed by atoms with E-state index in [0.717, 1.165) is 37.4 Å². The van der Waals surface area contributed by atoms with Gasteiger partial charge in [0.05, 0.1) is 30.9 Å². The lowest BCUT2D eigenvalue weighted by molar-refractivity contribution is -0.634. The Morgan fingerprint density at radius 3 is 2.52 bits per heavy atom. The molecule has 5 rings (SSSR count). The van der Waals surface area contributed by atoms with Crippen molar-refractivity contribution in [3.63, 3.8) is 0 Å². The average Bonchev–Trinajstić information content (AvgIpc) is 3.33. The van der Waals surface area contributed by atoms with Crippen LogP contribution in [0.15, 0.2) is 36.4 Å². The van der Waals surface area contributed by atoms with Crippen LogP contribution in [0.4, 0.5) is 5.69 Å². The lowest BCUT2D eigenvalue weighted by Crippen LogP contribution is -2.36. The summed E-state index contributed by atoms with van der Waals surface area (Å²) in [5.74, 6) is 1.59. The Morgan fingerprint density at radius 1 is 1.00 bits per heavy atom. The van der Waals surface area contributed by atoms with Crippen molar-refractivity contribution in [3.05, 3.63) is 47.5 Å². The molecule has 2 heterocycles. The molecule has 0 spiro atoms. The van der Waals surface area contributed by atoms with Gasteiger partial charge in [0.15, 0.2) is 11.5 Å². The number of hydrogen-bond donors (Lipinski definition) is 1. The molecular formula is C26H32N3O2+. The van der Waals surface area contributed by atoms with E-state index < -0.39 is 0 Å². The molecule has 1 N–H and O–H groups in total. The number of aryl methyl sites for hydroxylation is 2. The quantitative estimate of drug-likeness (QED) is 0.615. The number of para-hydroxylation sites is 1. The van der Waals surface area contributed by atoms with Crippen molar-refractivity contribution < 1.29 is 14.0 Å². The first-order valence-corrected chi connectivity index (χ1v) is 11.4. The Labute approximate surface area is 184 Å². The number of anilines is 1. The van der Waals surface area contributed by atoms with Gasteiger partial charge in [0.1, 0.15) is 7.05 Å². The third-order valence-electron chi connectivity index (χ3n) is 6.90. The van der Waals surface area contributed by atoms with Crippen molar-refractivity contribution in [1.29, 1.82) is 0 Å². The molecule has 1 aromatic heterocycles. The molecule has 2 aromatic carbocycles. The zero-order valence-corrected chi connectivity index (χ0v) is 18.8. The van der Waals surface area contributed by atoms with Crippen molar-refractivity contribution in [2.24, 2.45) is 7.05 Å². The van der Waals surface area contributed by atoms with Crippen LogP contribution < -0.4 is 19.4 Å². The van der Waals surface area contributed by atoms with Crippen LogP contribution in [-0.4, -0.2) is 45.3 Å². The summed E-state index contributed by atoms with van der Waals surface area (Å²) < 4.78 is 13.6. The number of pyridine rings is 1. The first kappa shape index (κ1) is 20.1. The summed E-state index contributed by atoms with van der Waals surface area (Å²) in [6, 6.07) is 13.0. The van der Waals surface area contributed by atoms with Crippen molar-refractivity contribution in [3.8, 4) is 22.8 Å². The van der Waals surface area contributed by atoms with Crippen LogP contribution in [0.25, 0.3) is 22.2 Å². The standard InChI is InChI=1S/C26H31N3O2/c1-28-22-9-5-4-8-19(22)25(27-12-15-29-13-6-7-14-29)20-11-10-18-16-23(30-2)24(31-3)17-21(18)26(20)28/h4-5,8-9,16-17H,6-7,10-15H2,1-3H3/p+1. The van der Waals surface area contributed by atoms with E-state index in [1.54, 1.807) is 14.2 Å². The van der Waals surface area contributed by atoms with Crippen LogP contribution >= 0.6 is 0 Å². The molecule has 162 valence electrons. The zero-order chi connectivity index (χ0) is 21.4. The fourth-order valence-electron chi connectivity index (χ4n) is 5.32. The number of fused-ring (bicyclic) bond motifs is 4. The second-order valence-electron chi connectivity index (χ2n) is 8.62. The van der Waals surface area contributed by atoms with E-state index in [-0.39, 0.29) is 0 Å². The minimum absolute atomic E-state index is 0.783. The number of hydrogen-bond acceptors (Lipinski definition) is 4. The molecule has 1 aliphatic carbocycles. The van der Waals surface area contributed by atoms with Gasteiger partial charge in [-0.3, -0.25) is 0 Å². The molecule has 0 saturated carbocycles. The van der Waals surface area contributed by atoms with Crippen molar-refractivity contribution in [1.82, 2.24) is 4.90 Å². The second kappa shape index (κ2) is 8.39. The van der Waals surface area contributed by atoms with Crippen LogP contribution in [0.3, 0.4) is 0 Å². The van der Waals surface area contributed by atoms with Gasteiger partial charge in [0.25, 0.3) is 0 Å². The highest BCUT2D eigenvalue weighted by Crippen LogP contribution is 2.42. The van der Waals surface area contributed by atoms with Crippen LogP contribution in [0, 0.1) is 0 Å². The third-order valence-corrected chi connectivity index (χ3v) is 6.90. The molecule has 3 aromatic rings. The predicted octanol–water partition coefficient (Wildman–Crippen LogP) is 3.95. The molecular weight excluding hydrogens is 386 g/mol. The maximum atomic E-state index is 5.64. The van der Waals surface area contributed by atoms with Gasteiger partial charge in [-0.1, -0.05) is 12.1 Å². The summed E-state index contributed by atoms with van der Waals surface area (Å²) in [7, 11) is 5.59. The highest BCUT2D eigenvalue weighted by molar-refractivity contribution is 5.94. The molecule has 1 fully saturated rings. The lowest BCUT2D eigenvalue weighted by atomic mass is 9.86. The third kappa shape index (κ3) is 3.51. The number of rotatable bonds is 6. The monoisotopic (exact) mass is 418 g/mol. The highest BCUT2D eigenvalue weighted by atomic mass is 16.5. The molecule has 0 amide bonds. The van der Waals surface area contributed by atoms with Gasteiger partial charge in [-0.25, -0.2) is 0 Å². The van der Waals surface area contributed by atoms with E-state index in [0.29, 0.717) is 0 Å². The van der Waals surface area contributed by atoms with Crippen LogP contribution in [-0.2, 0) is 19.9 Å². The molecule has 5 nitrogen and oxygen atoms in total. The maximum absolute atomic E-state index is 5.64. The van der Waals surface area contributed by atoms with E-state index in [1.165, 1.54) is 64.9 Å². The topological polar surface area (TPSA) is 37.6 Å². The maximum Gasteiger partial charge on any atom is 0.218 e. The van der Waals surface area contributed by atoms with Gasteiger partial charge in [-0.2, -0.15) is 4.57 Å². The number of benzene rings is 2. The van der Waals surface area contributed by atoms with Crippen molar-refractivity contribution in [2.45, 2.75) is 25.7 Å². The van der Waals surface area contributed by atoms with E-state index in [4.69, 9.17) is 9.47 Å². The predicted molar refractivity (Wildman–Crippen MR) is 125 cm³/mol. The molecule has 0 bridgehead atoms. The minimum Gasteiger partial charge on any atom is -0.493 e. The summed E-state index contributed by atoms with van der Waals surface area (Å²) in [4.78, 5) is 2.57. The van der Waals surface area contributed by atoms with Gasteiger partial charge >= 0.3 is 0 Å². The Kier molecular flexibility index (Phi) is 5.45. The molecule has 0 radical (unpaired) electrons. The first-order valence-electron chi connectivity index (χ1n) is 11.4. The second-order valence-corrected chi connectivity index (χ2v) is 8.62. The number of likely N-dealkylation sites (tertiary alicyclic amines) is 1. The van der Waals surface area contributed by atoms with Gasteiger partial charge in [-0.15, -0.1) is 0 Å². The van der Waals surface area contributed by atoms with Crippen molar-refractivity contribution in [2.75, 3.05) is 45.7 Å². The molecule has 1 saturated heterocycles. The molecule has 0 atom stereocenters. The van der Waals surface area contributed by atoms with Gasteiger partial charge in [-0.05, 0) is 62.5 Å². The zero-order valence-electron chi connectivity index (χ0n) is 18.8. The minimum atomic E-state index is 0.783. The molecule has 31 heavy (non-hydrogen) atoms.